The summed E-state index contributed by atoms with van der Waals surface area (Å²) in [7, 11) is 2.43. The largest absolute Gasteiger partial charge is 0.502 e. The maximum atomic E-state index is 13.6. The lowest BCUT2D eigenvalue weighted by Crippen LogP contribution is -2.67. The van der Waals surface area contributed by atoms with Crippen LogP contribution in [0.15, 0.2) is 24.3 Å². The summed E-state index contributed by atoms with van der Waals surface area (Å²) in [6.45, 7) is 1.31. The molecule has 10 atom stereocenters. The fourth-order valence-corrected chi connectivity index (χ4v) is 6.94. The number of carbonyl (C=O) groups is 1. The number of cyclic esters (lactones) is 1. The number of rotatable bonds is 5. The van der Waals surface area contributed by atoms with Gasteiger partial charge in [0.15, 0.2) is 41.2 Å². The lowest BCUT2D eigenvalue weighted by Gasteiger charge is -2.51. The van der Waals surface area contributed by atoms with Crippen LogP contribution in [0.4, 0.5) is 0 Å². The minimum atomic E-state index is -3.49. The maximum absolute atomic E-state index is 13.6. The number of phenols is 1. The van der Waals surface area contributed by atoms with Crippen molar-refractivity contribution >= 4 is 5.97 Å². The van der Waals surface area contributed by atoms with Gasteiger partial charge in [0, 0.05) is 5.56 Å². The van der Waals surface area contributed by atoms with Gasteiger partial charge in [0.25, 0.3) is 0 Å². The molecule has 4 heterocycles. The summed E-state index contributed by atoms with van der Waals surface area (Å²) >= 11 is 0. The van der Waals surface area contributed by atoms with E-state index in [2.05, 4.69) is 0 Å². The van der Waals surface area contributed by atoms with E-state index in [4.69, 9.17) is 42.6 Å². The van der Waals surface area contributed by atoms with Crippen molar-refractivity contribution in [2.24, 2.45) is 5.92 Å². The first-order valence-corrected chi connectivity index (χ1v) is 14.2. The number of benzene rings is 2. The molecule has 4 aliphatic heterocycles. The molecule has 250 valence electrons. The molecule has 3 fully saturated rings. The molecular formula is C29H32O17. The van der Waals surface area contributed by atoms with Gasteiger partial charge in [-0.3, -0.25) is 0 Å². The Bertz CT molecular complexity index is 1540. The smallest absolute Gasteiger partial charge is 0.347 e. The molecule has 0 bridgehead atoms. The predicted octanol–water partition coefficient (Wildman–Crippen LogP) is -1.80. The summed E-state index contributed by atoms with van der Waals surface area (Å²) < 4.78 is 49.4. The monoisotopic (exact) mass is 652 g/mol. The summed E-state index contributed by atoms with van der Waals surface area (Å²) in [4.78, 5) is 13.6. The molecule has 46 heavy (non-hydrogen) atoms. The number of carbonyl (C=O) groups excluding carboxylic acids is 1. The van der Waals surface area contributed by atoms with Crippen molar-refractivity contribution in [2.45, 2.75) is 67.2 Å². The quantitative estimate of drug-likeness (QED) is 0.139. The van der Waals surface area contributed by atoms with Gasteiger partial charge in [0.2, 0.25) is 18.1 Å². The van der Waals surface area contributed by atoms with Gasteiger partial charge in [-0.2, -0.15) is 0 Å². The molecule has 7 N–H and O–H groups in total. The van der Waals surface area contributed by atoms with Crippen LogP contribution in [0.5, 0.6) is 28.7 Å². The third-order valence-electron chi connectivity index (χ3n) is 9.17. The Balaban J connectivity index is 1.43. The molecule has 3 saturated heterocycles. The molecule has 0 radical (unpaired) electrons. The average Bonchev–Trinajstić information content (AvgIpc) is 3.56. The Labute approximate surface area is 259 Å². The van der Waals surface area contributed by atoms with Gasteiger partial charge in [0.1, 0.15) is 36.4 Å². The number of aromatic hydroxyl groups is 1. The first-order valence-electron chi connectivity index (χ1n) is 14.2. The van der Waals surface area contributed by atoms with E-state index in [1.807, 2.05) is 0 Å². The summed E-state index contributed by atoms with van der Waals surface area (Å²) in [5, 5.41) is 79.9. The van der Waals surface area contributed by atoms with Gasteiger partial charge in [0.05, 0.1) is 20.8 Å². The van der Waals surface area contributed by atoms with Crippen molar-refractivity contribution in [3.8, 4) is 28.7 Å². The Hall–Kier alpha value is -3.49. The fraction of sp³-hybridized carbons (Fsp3) is 0.552. The van der Waals surface area contributed by atoms with Crippen LogP contribution >= 0.6 is 0 Å². The van der Waals surface area contributed by atoms with E-state index < -0.39 is 77.9 Å². The van der Waals surface area contributed by atoms with Gasteiger partial charge in [-0.15, -0.1) is 0 Å². The van der Waals surface area contributed by atoms with Crippen molar-refractivity contribution < 1.29 is 83.2 Å². The van der Waals surface area contributed by atoms with Crippen LogP contribution in [0.3, 0.4) is 0 Å². The standard InChI is InChI=1S/C29H32O17/c1-10-40-8-18-23(43-10)20(31)21(32)25(44-18)45-22-12-6-14-15(42-9-41-14)7-13(12)27(34,28(35)24(22)29(36,37)46-26(28)33)11-4-16(38-2)19(30)17(5-11)39-3/h4-7,10,18,20-25,30-32,34-37H,8-9H2,1-3H3. The molecule has 7 rings (SSSR count). The third kappa shape index (κ3) is 4.15. The number of ether oxygens (including phenoxy) is 9. The summed E-state index contributed by atoms with van der Waals surface area (Å²) in [6, 6.07) is 4.80. The molecule has 5 aliphatic rings. The van der Waals surface area contributed by atoms with Gasteiger partial charge >= 0.3 is 11.9 Å². The zero-order chi connectivity index (χ0) is 32.9. The number of phenolic OH excluding ortho intramolecular Hbond substituents is 1. The lowest BCUT2D eigenvalue weighted by atomic mass is 9.59. The van der Waals surface area contributed by atoms with Gasteiger partial charge in [-0.05, 0) is 42.3 Å². The third-order valence-corrected chi connectivity index (χ3v) is 9.17. The normalized spacial score (nSPS) is 38.8. The van der Waals surface area contributed by atoms with Crippen molar-refractivity contribution in [2.75, 3.05) is 27.6 Å². The number of hydrogen-bond donors (Lipinski definition) is 7. The van der Waals surface area contributed by atoms with Crippen molar-refractivity contribution in [3.05, 3.63) is 41.0 Å². The first-order chi connectivity index (χ1) is 21.8. The Morgan fingerprint density at radius 2 is 1.57 bits per heavy atom. The van der Waals surface area contributed by atoms with Crippen molar-refractivity contribution in [1.82, 2.24) is 0 Å². The minimum Gasteiger partial charge on any atom is -0.502 e. The van der Waals surface area contributed by atoms with Crippen LogP contribution in [-0.2, 0) is 34.1 Å². The highest BCUT2D eigenvalue weighted by Gasteiger charge is 2.79. The van der Waals surface area contributed by atoms with Crippen LogP contribution in [0.25, 0.3) is 0 Å². The van der Waals surface area contributed by atoms with Crippen LogP contribution < -0.4 is 18.9 Å². The zero-order valence-corrected chi connectivity index (χ0v) is 24.6. The Morgan fingerprint density at radius 3 is 2.22 bits per heavy atom. The summed E-state index contributed by atoms with van der Waals surface area (Å²) in [5.41, 5.74) is -6.83. The summed E-state index contributed by atoms with van der Waals surface area (Å²) in [6.07, 6.45) is -9.53. The highest BCUT2D eigenvalue weighted by molar-refractivity contribution is 5.87. The summed E-state index contributed by atoms with van der Waals surface area (Å²) in [5.74, 6) is -8.15. The molecule has 17 heteroatoms. The molecule has 0 saturated carbocycles. The van der Waals surface area contributed by atoms with Crippen LogP contribution in [0, 0.1) is 5.92 Å². The number of aliphatic hydroxyl groups is 6. The maximum Gasteiger partial charge on any atom is 0.347 e. The number of hydrogen-bond acceptors (Lipinski definition) is 17. The zero-order valence-electron chi connectivity index (χ0n) is 24.6. The molecule has 2 aromatic rings. The minimum absolute atomic E-state index is 0.0570. The van der Waals surface area contributed by atoms with Crippen LogP contribution in [-0.4, -0.2) is 118 Å². The van der Waals surface area contributed by atoms with Crippen LogP contribution in [0.2, 0.25) is 0 Å². The topological polar surface area (TPSA) is 242 Å². The highest BCUT2D eigenvalue weighted by atomic mass is 16.8. The van der Waals surface area contributed by atoms with E-state index in [0.717, 1.165) is 12.1 Å². The van der Waals surface area contributed by atoms with E-state index >= 15 is 0 Å². The number of esters is 1. The van der Waals surface area contributed by atoms with Gasteiger partial charge < -0.3 is 78.4 Å². The van der Waals surface area contributed by atoms with E-state index in [9.17, 15) is 40.5 Å². The van der Waals surface area contributed by atoms with E-state index in [1.165, 1.54) is 26.4 Å². The van der Waals surface area contributed by atoms with Crippen molar-refractivity contribution in [1.29, 1.82) is 0 Å². The number of methoxy groups -OCH3 is 2. The average molecular weight is 653 g/mol. The lowest BCUT2D eigenvalue weighted by molar-refractivity contribution is -0.387. The van der Waals surface area contributed by atoms with E-state index in [0.29, 0.717) is 0 Å². The molecular weight excluding hydrogens is 620 g/mol. The van der Waals surface area contributed by atoms with Gasteiger partial charge in [-0.25, -0.2) is 4.79 Å². The second-order valence-corrected chi connectivity index (χ2v) is 11.6. The van der Waals surface area contributed by atoms with E-state index in [1.54, 1.807) is 6.92 Å². The predicted molar refractivity (Wildman–Crippen MR) is 143 cm³/mol. The molecule has 10 unspecified atom stereocenters. The fourth-order valence-electron chi connectivity index (χ4n) is 6.94. The van der Waals surface area contributed by atoms with Crippen LogP contribution in [0.1, 0.15) is 29.7 Å². The highest BCUT2D eigenvalue weighted by Crippen LogP contribution is 2.63. The van der Waals surface area contributed by atoms with Crippen molar-refractivity contribution in [3.63, 3.8) is 0 Å². The second kappa shape index (κ2) is 10.5. The first kappa shape index (κ1) is 31.1. The van der Waals surface area contributed by atoms with E-state index in [-0.39, 0.29) is 53.1 Å². The second-order valence-electron chi connectivity index (χ2n) is 11.6. The molecule has 0 spiro atoms. The number of aliphatic hydroxyl groups excluding tert-OH is 2. The molecule has 1 aliphatic carbocycles. The molecule has 0 amide bonds. The molecule has 17 nitrogen and oxygen atoms in total. The van der Waals surface area contributed by atoms with Gasteiger partial charge in [-0.1, -0.05) is 0 Å². The Morgan fingerprint density at radius 1 is 0.913 bits per heavy atom. The number of fused-ring (bicyclic) bond motifs is 4. The molecule has 0 aromatic heterocycles. The molecule has 2 aromatic carbocycles. The SMILES string of the molecule is COc1cc(C2(O)c3cc4c(cc3C(OC3OC5COC(C)OC5C(O)C3O)C3C(O)(O)OC(=O)C32O)OCO4)cc(OC)c1O. The Kier molecular flexibility index (Phi) is 7.11.